The maximum Gasteiger partial charge on any atom is 0.230 e. The topological polar surface area (TPSA) is 59.8 Å². The van der Waals surface area contributed by atoms with E-state index in [0.29, 0.717) is 18.7 Å². The first-order valence-electron chi connectivity index (χ1n) is 10.4. The summed E-state index contributed by atoms with van der Waals surface area (Å²) in [7, 11) is 0. The number of rotatable bonds is 11. The third-order valence-electron chi connectivity index (χ3n) is 4.61. The molecule has 1 amide bonds. The van der Waals surface area contributed by atoms with Gasteiger partial charge in [-0.2, -0.15) is 0 Å². The van der Waals surface area contributed by atoms with Crippen molar-refractivity contribution in [2.24, 2.45) is 0 Å². The first-order chi connectivity index (χ1) is 15.8. The molecule has 0 saturated carbocycles. The molecule has 2 aromatic heterocycles. The Labute approximate surface area is 200 Å². The van der Waals surface area contributed by atoms with Gasteiger partial charge in [0.15, 0.2) is 5.16 Å². The molecule has 164 valence electrons. The van der Waals surface area contributed by atoms with Crippen molar-refractivity contribution < 1.29 is 4.79 Å². The number of carbonyl (C=O) groups is 1. The van der Waals surface area contributed by atoms with E-state index in [9.17, 15) is 4.79 Å². The number of para-hydroxylation sites is 1. The zero-order chi connectivity index (χ0) is 22.0. The van der Waals surface area contributed by atoms with Gasteiger partial charge in [0.25, 0.3) is 0 Å². The number of hydrogen-bond donors (Lipinski definition) is 1. The minimum Gasteiger partial charge on any atom is -0.355 e. The maximum atomic E-state index is 12.4. The summed E-state index contributed by atoms with van der Waals surface area (Å²) >= 11 is 4.94. The van der Waals surface area contributed by atoms with Crippen LogP contribution in [0.2, 0.25) is 0 Å². The summed E-state index contributed by atoms with van der Waals surface area (Å²) in [5.41, 5.74) is 1.00. The fourth-order valence-electron chi connectivity index (χ4n) is 3.10. The van der Waals surface area contributed by atoms with Crippen LogP contribution in [0.25, 0.3) is 5.69 Å². The molecule has 2 heterocycles. The second-order valence-corrected chi connectivity index (χ2v) is 10.1. The van der Waals surface area contributed by atoms with Crippen LogP contribution in [0.1, 0.15) is 17.1 Å². The number of benzene rings is 2. The van der Waals surface area contributed by atoms with E-state index in [1.165, 1.54) is 21.5 Å². The first-order valence-corrected chi connectivity index (χ1v) is 13.2. The van der Waals surface area contributed by atoms with Gasteiger partial charge in [-0.15, -0.1) is 33.3 Å². The summed E-state index contributed by atoms with van der Waals surface area (Å²) in [6, 6.07) is 24.5. The molecule has 0 radical (unpaired) electrons. The van der Waals surface area contributed by atoms with Crippen molar-refractivity contribution in [3.8, 4) is 5.69 Å². The lowest BCUT2D eigenvalue weighted by atomic mass is 10.3. The minimum atomic E-state index is 0.0159. The standard InChI is InChI=1S/C24H24N4OS3/c29-23(25-14-8-16-30-20-11-5-2-6-12-20)18-32-24-27-26-22(17-21-13-7-15-31-21)28(24)19-9-3-1-4-10-19/h1-7,9-13,15H,8,14,16-18H2,(H,25,29). The lowest BCUT2D eigenvalue weighted by Crippen LogP contribution is -2.26. The van der Waals surface area contributed by atoms with Gasteiger partial charge in [0.1, 0.15) is 5.82 Å². The molecule has 1 N–H and O–H groups in total. The van der Waals surface area contributed by atoms with Crippen molar-refractivity contribution in [3.63, 3.8) is 0 Å². The van der Waals surface area contributed by atoms with E-state index in [4.69, 9.17) is 0 Å². The van der Waals surface area contributed by atoms with E-state index in [2.05, 4.69) is 39.1 Å². The number of nitrogens with zero attached hydrogens (tertiary/aromatic N) is 3. The lowest BCUT2D eigenvalue weighted by molar-refractivity contribution is -0.118. The van der Waals surface area contributed by atoms with E-state index in [-0.39, 0.29) is 5.91 Å². The Bertz CT molecular complexity index is 1100. The summed E-state index contributed by atoms with van der Waals surface area (Å²) in [4.78, 5) is 14.9. The molecule has 0 atom stereocenters. The molecular formula is C24H24N4OS3. The molecule has 0 bridgehead atoms. The summed E-state index contributed by atoms with van der Waals surface area (Å²) in [5, 5.41) is 14.6. The van der Waals surface area contributed by atoms with Crippen LogP contribution in [-0.2, 0) is 11.2 Å². The highest BCUT2D eigenvalue weighted by Gasteiger charge is 2.16. The van der Waals surface area contributed by atoms with Crippen molar-refractivity contribution in [3.05, 3.63) is 88.9 Å². The van der Waals surface area contributed by atoms with Crippen molar-refractivity contribution in [2.45, 2.75) is 22.9 Å². The van der Waals surface area contributed by atoms with Gasteiger partial charge in [0, 0.05) is 28.4 Å². The second-order valence-electron chi connectivity index (χ2n) is 6.98. The molecule has 0 fully saturated rings. The van der Waals surface area contributed by atoms with Gasteiger partial charge in [-0.3, -0.25) is 9.36 Å². The SMILES string of the molecule is O=C(CSc1nnc(Cc2cccs2)n1-c1ccccc1)NCCCSc1ccccc1. The predicted octanol–water partition coefficient (Wildman–Crippen LogP) is 5.31. The maximum absolute atomic E-state index is 12.4. The highest BCUT2D eigenvalue weighted by molar-refractivity contribution is 7.99. The fraction of sp³-hybridized carbons (Fsp3) is 0.208. The quantitative estimate of drug-likeness (QED) is 0.233. The Morgan fingerprint density at radius 1 is 0.938 bits per heavy atom. The summed E-state index contributed by atoms with van der Waals surface area (Å²) in [6.45, 7) is 0.675. The first kappa shape index (κ1) is 22.6. The molecular weight excluding hydrogens is 456 g/mol. The smallest absolute Gasteiger partial charge is 0.230 e. The van der Waals surface area contributed by atoms with E-state index in [0.717, 1.165) is 28.8 Å². The highest BCUT2D eigenvalue weighted by atomic mass is 32.2. The molecule has 32 heavy (non-hydrogen) atoms. The van der Waals surface area contributed by atoms with Crippen LogP contribution >= 0.6 is 34.9 Å². The predicted molar refractivity (Wildman–Crippen MR) is 134 cm³/mol. The Hall–Kier alpha value is -2.55. The molecule has 0 aliphatic carbocycles. The van der Waals surface area contributed by atoms with Crippen molar-refractivity contribution >= 4 is 40.8 Å². The van der Waals surface area contributed by atoms with E-state index < -0.39 is 0 Å². The van der Waals surface area contributed by atoms with Crippen molar-refractivity contribution in [1.82, 2.24) is 20.1 Å². The minimum absolute atomic E-state index is 0.0159. The van der Waals surface area contributed by atoms with Crippen LogP contribution in [0.15, 0.2) is 88.2 Å². The molecule has 0 aliphatic heterocycles. The van der Waals surface area contributed by atoms with Crippen molar-refractivity contribution in [1.29, 1.82) is 0 Å². The molecule has 0 spiro atoms. The zero-order valence-electron chi connectivity index (χ0n) is 17.5. The number of thiophene rings is 1. The fourth-order valence-corrected chi connectivity index (χ4v) is 5.48. The van der Waals surface area contributed by atoms with Crippen LogP contribution in [0, 0.1) is 0 Å². The van der Waals surface area contributed by atoms with E-state index in [1.807, 2.05) is 70.9 Å². The normalized spacial score (nSPS) is 10.9. The van der Waals surface area contributed by atoms with Crippen LogP contribution in [0.4, 0.5) is 0 Å². The summed E-state index contributed by atoms with van der Waals surface area (Å²) in [5.74, 6) is 2.18. The molecule has 4 rings (SSSR count). The van der Waals surface area contributed by atoms with Gasteiger partial charge in [0.2, 0.25) is 5.91 Å². The second kappa shape index (κ2) is 11.9. The number of amides is 1. The average molecular weight is 481 g/mol. The molecule has 0 saturated heterocycles. The Morgan fingerprint density at radius 3 is 2.47 bits per heavy atom. The van der Waals surface area contributed by atoms with Gasteiger partial charge < -0.3 is 5.32 Å². The molecule has 5 nitrogen and oxygen atoms in total. The number of carbonyl (C=O) groups excluding carboxylic acids is 1. The number of aromatic nitrogens is 3. The van der Waals surface area contributed by atoms with Gasteiger partial charge >= 0.3 is 0 Å². The Kier molecular flexibility index (Phi) is 8.42. The lowest BCUT2D eigenvalue weighted by Gasteiger charge is -2.10. The van der Waals surface area contributed by atoms with E-state index >= 15 is 0 Å². The van der Waals surface area contributed by atoms with Crippen LogP contribution in [-0.4, -0.2) is 38.7 Å². The largest absolute Gasteiger partial charge is 0.355 e. The zero-order valence-corrected chi connectivity index (χ0v) is 20.0. The number of thioether (sulfide) groups is 2. The summed E-state index contributed by atoms with van der Waals surface area (Å²) in [6.07, 6.45) is 1.65. The highest BCUT2D eigenvalue weighted by Crippen LogP contribution is 2.24. The number of nitrogens with one attached hydrogen (secondary N) is 1. The molecule has 0 unspecified atom stereocenters. The third kappa shape index (κ3) is 6.48. The van der Waals surface area contributed by atoms with Gasteiger partial charge in [-0.05, 0) is 47.9 Å². The van der Waals surface area contributed by atoms with Crippen molar-refractivity contribution in [2.75, 3.05) is 18.1 Å². The van der Waals surface area contributed by atoms with Crippen LogP contribution < -0.4 is 5.32 Å². The Morgan fingerprint density at radius 2 is 1.72 bits per heavy atom. The van der Waals surface area contributed by atoms with E-state index in [1.54, 1.807) is 11.3 Å². The van der Waals surface area contributed by atoms with Crippen LogP contribution in [0.3, 0.4) is 0 Å². The van der Waals surface area contributed by atoms with Gasteiger partial charge in [-0.1, -0.05) is 54.2 Å². The van der Waals surface area contributed by atoms with Gasteiger partial charge in [0.05, 0.1) is 5.75 Å². The monoisotopic (exact) mass is 480 g/mol. The molecule has 8 heteroatoms. The molecule has 4 aromatic rings. The Balaban J connectivity index is 1.30. The molecule has 2 aromatic carbocycles. The number of hydrogen-bond acceptors (Lipinski definition) is 6. The average Bonchev–Trinajstić information content (AvgIpc) is 3.49. The third-order valence-corrected chi connectivity index (χ3v) is 7.52. The molecule has 0 aliphatic rings. The van der Waals surface area contributed by atoms with Gasteiger partial charge in [-0.25, -0.2) is 0 Å². The van der Waals surface area contributed by atoms with Crippen LogP contribution in [0.5, 0.6) is 0 Å². The summed E-state index contributed by atoms with van der Waals surface area (Å²) < 4.78 is 2.05.